The van der Waals surface area contributed by atoms with Crippen LogP contribution in [0.2, 0.25) is 0 Å². The molecule has 1 aromatic carbocycles. The predicted molar refractivity (Wildman–Crippen MR) is 81.2 cm³/mol. The zero-order valence-electron chi connectivity index (χ0n) is 12.3. The standard InChI is InChI=1S/C17H22O3/c1-12(2)6-4-7-13(3)10-11-14-8-5-9-15(16(14)18)17(19)20/h5-6,8-10,18H,4,7,11H2,1-3H3,(H,19,20)/b13-10+. The molecule has 0 radical (unpaired) electrons. The van der Waals surface area contributed by atoms with Crippen molar-refractivity contribution < 1.29 is 15.0 Å². The Morgan fingerprint density at radius 2 is 1.90 bits per heavy atom. The number of carboxylic acids is 1. The van der Waals surface area contributed by atoms with Gasteiger partial charge in [0.05, 0.1) is 0 Å². The first-order valence-corrected chi connectivity index (χ1v) is 6.75. The first kappa shape index (κ1) is 16.0. The minimum Gasteiger partial charge on any atom is -0.507 e. The third-order valence-corrected chi connectivity index (χ3v) is 3.11. The number of carboxylic acid groups (broad SMARTS) is 1. The molecule has 3 nitrogen and oxygen atoms in total. The SMILES string of the molecule is CC(C)=CCC/C(C)=C/Cc1cccc(C(=O)O)c1O. The summed E-state index contributed by atoms with van der Waals surface area (Å²) >= 11 is 0. The highest BCUT2D eigenvalue weighted by Gasteiger charge is 2.11. The molecule has 0 aliphatic heterocycles. The zero-order valence-corrected chi connectivity index (χ0v) is 12.3. The van der Waals surface area contributed by atoms with Crippen LogP contribution < -0.4 is 0 Å². The number of phenols is 1. The van der Waals surface area contributed by atoms with E-state index in [4.69, 9.17) is 5.11 Å². The van der Waals surface area contributed by atoms with Gasteiger partial charge < -0.3 is 10.2 Å². The monoisotopic (exact) mass is 274 g/mol. The molecule has 108 valence electrons. The van der Waals surface area contributed by atoms with E-state index in [0.717, 1.165) is 12.8 Å². The van der Waals surface area contributed by atoms with Crippen molar-refractivity contribution >= 4 is 5.97 Å². The number of carbonyl (C=O) groups is 1. The fourth-order valence-electron chi connectivity index (χ4n) is 1.90. The Kier molecular flexibility index (Phi) is 6.04. The summed E-state index contributed by atoms with van der Waals surface area (Å²) < 4.78 is 0. The van der Waals surface area contributed by atoms with Crippen LogP contribution in [0.1, 0.15) is 49.5 Å². The molecule has 1 rings (SSSR count). The second kappa shape index (κ2) is 7.53. The molecule has 0 heterocycles. The molecule has 0 aliphatic rings. The van der Waals surface area contributed by atoms with Crippen LogP contribution in [0.4, 0.5) is 0 Å². The van der Waals surface area contributed by atoms with Gasteiger partial charge in [0.2, 0.25) is 0 Å². The van der Waals surface area contributed by atoms with Crippen molar-refractivity contribution in [3.63, 3.8) is 0 Å². The average Bonchev–Trinajstić information content (AvgIpc) is 2.36. The van der Waals surface area contributed by atoms with Crippen molar-refractivity contribution in [2.45, 2.75) is 40.0 Å². The smallest absolute Gasteiger partial charge is 0.339 e. The normalized spacial score (nSPS) is 11.2. The molecule has 0 aromatic heterocycles. The molecule has 0 aliphatic carbocycles. The van der Waals surface area contributed by atoms with E-state index in [1.807, 2.05) is 6.08 Å². The number of allylic oxidation sites excluding steroid dienone is 4. The van der Waals surface area contributed by atoms with Crippen LogP contribution in [-0.2, 0) is 6.42 Å². The molecule has 0 atom stereocenters. The van der Waals surface area contributed by atoms with Gasteiger partial charge in [-0.2, -0.15) is 0 Å². The van der Waals surface area contributed by atoms with Gasteiger partial charge in [0, 0.05) is 0 Å². The van der Waals surface area contributed by atoms with Crippen LogP contribution in [0.3, 0.4) is 0 Å². The van der Waals surface area contributed by atoms with Crippen molar-refractivity contribution in [3.05, 3.63) is 52.6 Å². The summed E-state index contributed by atoms with van der Waals surface area (Å²) in [5.41, 5.74) is 3.15. The molecular formula is C17H22O3. The van der Waals surface area contributed by atoms with Crippen LogP contribution in [0.15, 0.2) is 41.5 Å². The van der Waals surface area contributed by atoms with Crippen LogP contribution in [0.25, 0.3) is 0 Å². The number of hydrogen-bond acceptors (Lipinski definition) is 2. The maximum Gasteiger partial charge on any atom is 0.339 e. The van der Waals surface area contributed by atoms with E-state index >= 15 is 0 Å². The van der Waals surface area contributed by atoms with Crippen LogP contribution in [0, 0.1) is 0 Å². The topological polar surface area (TPSA) is 57.5 Å². The molecule has 0 saturated carbocycles. The molecule has 2 N–H and O–H groups in total. The van der Waals surface area contributed by atoms with E-state index < -0.39 is 5.97 Å². The number of hydrogen-bond donors (Lipinski definition) is 2. The first-order chi connectivity index (χ1) is 9.41. The Balaban J connectivity index is 2.72. The largest absolute Gasteiger partial charge is 0.507 e. The average molecular weight is 274 g/mol. The fraction of sp³-hybridized carbons (Fsp3) is 0.353. The van der Waals surface area contributed by atoms with E-state index in [0.29, 0.717) is 12.0 Å². The highest BCUT2D eigenvalue weighted by molar-refractivity contribution is 5.91. The Morgan fingerprint density at radius 3 is 2.50 bits per heavy atom. The molecule has 3 heteroatoms. The molecule has 0 fully saturated rings. The number of aromatic hydroxyl groups is 1. The van der Waals surface area contributed by atoms with Gasteiger partial charge in [-0.1, -0.05) is 35.4 Å². The highest BCUT2D eigenvalue weighted by Crippen LogP contribution is 2.23. The molecule has 0 unspecified atom stereocenters. The second-order valence-electron chi connectivity index (χ2n) is 5.19. The quantitative estimate of drug-likeness (QED) is 0.759. The molecule has 0 spiro atoms. The molecule has 0 saturated heterocycles. The molecule has 20 heavy (non-hydrogen) atoms. The van der Waals surface area contributed by atoms with Gasteiger partial charge in [0.25, 0.3) is 0 Å². The maximum atomic E-state index is 10.9. The van der Waals surface area contributed by atoms with Crippen LogP contribution >= 0.6 is 0 Å². The highest BCUT2D eigenvalue weighted by atomic mass is 16.4. The first-order valence-electron chi connectivity index (χ1n) is 6.75. The van der Waals surface area contributed by atoms with E-state index in [-0.39, 0.29) is 11.3 Å². The summed E-state index contributed by atoms with van der Waals surface area (Å²) in [6.45, 7) is 6.21. The zero-order chi connectivity index (χ0) is 15.1. The summed E-state index contributed by atoms with van der Waals surface area (Å²) in [5.74, 6) is -1.23. The van der Waals surface area contributed by atoms with E-state index in [1.54, 1.807) is 12.1 Å². The third-order valence-electron chi connectivity index (χ3n) is 3.11. The number of para-hydroxylation sites is 1. The van der Waals surface area contributed by atoms with Gasteiger partial charge >= 0.3 is 5.97 Å². The summed E-state index contributed by atoms with van der Waals surface area (Å²) in [7, 11) is 0. The Bertz CT molecular complexity index is 535. The third kappa shape index (κ3) is 4.92. The molecule has 0 amide bonds. The van der Waals surface area contributed by atoms with Gasteiger partial charge in [-0.25, -0.2) is 4.79 Å². The van der Waals surface area contributed by atoms with Crippen LogP contribution in [0.5, 0.6) is 5.75 Å². The maximum absolute atomic E-state index is 10.9. The Hall–Kier alpha value is -2.03. The second-order valence-corrected chi connectivity index (χ2v) is 5.19. The Morgan fingerprint density at radius 1 is 1.20 bits per heavy atom. The minimum absolute atomic E-state index is 0.0434. The summed E-state index contributed by atoms with van der Waals surface area (Å²) in [4.78, 5) is 10.9. The molecule has 0 bridgehead atoms. The van der Waals surface area contributed by atoms with Gasteiger partial charge in [-0.3, -0.25) is 0 Å². The van der Waals surface area contributed by atoms with Gasteiger partial charge in [-0.15, -0.1) is 0 Å². The summed E-state index contributed by atoms with van der Waals surface area (Å²) in [6.07, 6.45) is 6.77. The lowest BCUT2D eigenvalue weighted by atomic mass is 10.0. The molecule has 1 aromatic rings. The number of benzene rings is 1. The van der Waals surface area contributed by atoms with Crippen molar-refractivity contribution in [1.29, 1.82) is 0 Å². The Labute approximate surface area is 120 Å². The number of rotatable bonds is 6. The van der Waals surface area contributed by atoms with Gasteiger partial charge in [0.1, 0.15) is 11.3 Å². The van der Waals surface area contributed by atoms with Gasteiger partial charge in [-0.05, 0) is 51.7 Å². The summed E-state index contributed by atoms with van der Waals surface area (Å²) in [6, 6.07) is 4.82. The van der Waals surface area contributed by atoms with Crippen LogP contribution in [-0.4, -0.2) is 16.2 Å². The van der Waals surface area contributed by atoms with Gasteiger partial charge in [0.15, 0.2) is 0 Å². The fourth-order valence-corrected chi connectivity index (χ4v) is 1.90. The number of aromatic carboxylic acids is 1. The lowest BCUT2D eigenvalue weighted by Gasteiger charge is -2.06. The lowest BCUT2D eigenvalue weighted by molar-refractivity contribution is 0.0693. The van der Waals surface area contributed by atoms with E-state index in [1.165, 1.54) is 17.2 Å². The van der Waals surface area contributed by atoms with Crippen molar-refractivity contribution in [1.82, 2.24) is 0 Å². The minimum atomic E-state index is -1.10. The molecular weight excluding hydrogens is 252 g/mol. The summed E-state index contributed by atoms with van der Waals surface area (Å²) in [5, 5.41) is 18.9. The van der Waals surface area contributed by atoms with Crippen molar-refractivity contribution in [2.24, 2.45) is 0 Å². The van der Waals surface area contributed by atoms with Crippen molar-refractivity contribution in [3.8, 4) is 5.75 Å². The van der Waals surface area contributed by atoms with E-state index in [2.05, 4.69) is 26.8 Å². The van der Waals surface area contributed by atoms with E-state index in [9.17, 15) is 9.90 Å². The van der Waals surface area contributed by atoms with Crippen molar-refractivity contribution in [2.75, 3.05) is 0 Å². The lowest BCUT2D eigenvalue weighted by Crippen LogP contribution is -1.98. The predicted octanol–water partition coefficient (Wildman–Crippen LogP) is 4.33.